The number of nitro groups is 1. The highest BCUT2D eigenvalue weighted by Crippen LogP contribution is 2.31. The minimum atomic E-state index is -1.23. The molecule has 0 spiro atoms. The molecule has 0 aliphatic heterocycles. The van der Waals surface area contributed by atoms with Crippen LogP contribution in [0.15, 0.2) is 78.9 Å². The Balaban J connectivity index is 1.91. The predicted molar refractivity (Wildman–Crippen MR) is 124 cm³/mol. The van der Waals surface area contributed by atoms with Gasteiger partial charge in [-0.1, -0.05) is 66.7 Å². The fraction of sp³-hybridized carbons (Fsp3) is 0.154. The highest BCUT2D eigenvalue weighted by atomic mass is 16.6. The van der Waals surface area contributed by atoms with Crippen molar-refractivity contribution in [2.24, 2.45) is 0 Å². The molecule has 0 aliphatic carbocycles. The van der Waals surface area contributed by atoms with E-state index in [4.69, 9.17) is 4.74 Å². The first-order chi connectivity index (χ1) is 15.8. The third-order valence-electron chi connectivity index (χ3n) is 5.04. The lowest BCUT2D eigenvalue weighted by molar-refractivity contribution is -0.384. The molecule has 0 radical (unpaired) electrons. The molecular formula is C26H23NO6. The number of carboxylic acid groups (broad SMARTS) is 1. The quantitative estimate of drug-likeness (QED) is 0.197. The molecule has 0 aromatic heterocycles. The van der Waals surface area contributed by atoms with Crippen LogP contribution >= 0.6 is 0 Å². The van der Waals surface area contributed by atoms with E-state index in [0.29, 0.717) is 12.0 Å². The number of hydrogen-bond acceptors (Lipinski definition) is 5. The summed E-state index contributed by atoms with van der Waals surface area (Å²) in [4.78, 5) is 35.6. The van der Waals surface area contributed by atoms with Crippen LogP contribution in [0.5, 0.6) is 5.75 Å². The second-order valence-corrected chi connectivity index (χ2v) is 7.47. The molecule has 1 N–H and O–H groups in total. The van der Waals surface area contributed by atoms with Gasteiger partial charge < -0.3 is 9.84 Å². The Kier molecular flexibility index (Phi) is 7.70. The van der Waals surface area contributed by atoms with Crippen LogP contribution in [-0.2, 0) is 11.2 Å². The van der Waals surface area contributed by atoms with E-state index in [1.54, 1.807) is 13.0 Å². The van der Waals surface area contributed by atoms with Gasteiger partial charge in [-0.15, -0.1) is 0 Å². The van der Waals surface area contributed by atoms with E-state index in [1.807, 2.05) is 60.7 Å². The average molecular weight is 445 g/mol. The monoisotopic (exact) mass is 445 g/mol. The molecule has 0 aliphatic rings. The Morgan fingerprint density at radius 3 is 2.30 bits per heavy atom. The van der Waals surface area contributed by atoms with Crippen molar-refractivity contribution in [3.63, 3.8) is 0 Å². The first-order valence-electron chi connectivity index (χ1n) is 10.3. The first-order valence-corrected chi connectivity index (χ1v) is 10.3. The number of nitro benzene ring substituents is 1. The Bertz CT molecular complexity index is 1170. The number of ether oxygens (including phenoxy) is 1. The number of carbonyl (C=O) groups excluding carboxylic acids is 1. The largest absolute Gasteiger partial charge is 0.479 e. The third-order valence-corrected chi connectivity index (χ3v) is 5.04. The van der Waals surface area contributed by atoms with Crippen LogP contribution in [-0.4, -0.2) is 27.9 Å². The summed E-state index contributed by atoms with van der Waals surface area (Å²) in [6.45, 7) is 1.55. The summed E-state index contributed by atoms with van der Waals surface area (Å²) in [6.07, 6.45) is 2.28. The maximum Gasteiger partial charge on any atom is 0.344 e. The molecule has 0 fully saturated rings. The summed E-state index contributed by atoms with van der Waals surface area (Å²) < 4.78 is 5.79. The SMILES string of the molecule is Cc1cc([N+](=O)[O-])cc(C(=O)/C=C/c2ccccc2)c1OC(CCc1ccccc1)C(=O)O. The second kappa shape index (κ2) is 10.9. The van der Waals surface area contributed by atoms with Crippen LogP contribution in [0.25, 0.3) is 6.08 Å². The fourth-order valence-electron chi connectivity index (χ4n) is 3.34. The second-order valence-electron chi connectivity index (χ2n) is 7.47. The number of carboxylic acids is 1. The van der Waals surface area contributed by atoms with Gasteiger partial charge in [0, 0.05) is 12.1 Å². The normalized spacial score (nSPS) is 11.8. The number of aliphatic carboxylic acids is 1. The Labute approximate surface area is 191 Å². The molecule has 1 unspecified atom stereocenters. The summed E-state index contributed by atoms with van der Waals surface area (Å²) in [5.41, 5.74) is 1.72. The molecule has 3 aromatic carbocycles. The number of nitrogens with zero attached hydrogens (tertiary/aromatic N) is 1. The van der Waals surface area contributed by atoms with Crippen molar-refractivity contribution in [1.29, 1.82) is 0 Å². The number of ketones is 1. The number of rotatable bonds is 10. The molecule has 3 aromatic rings. The maximum atomic E-state index is 13.0. The first kappa shape index (κ1) is 23.4. The molecule has 168 valence electrons. The lowest BCUT2D eigenvalue weighted by Gasteiger charge is -2.19. The van der Waals surface area contributed by atoms with E-state index in [1.165, 1.54) is 12.1 Å². The number of hydrogen-bond donors (Lipinski definition) is 1. The minimum absolute atomic E-state index is 0.0313. The summed E-state index contributed by atoms with van der Waals surface area (Å²) in [6, 6.07) is 20.9. The maximum absolute atomic E-state index is 13.0. The standard InChI is InChI=1S/C26H23NO6/c1-18-16-21(27(31)32)17-22(23(28)14-12-19-8-4-2-5-9-19)25(18)33-24(26(29)30)15-13-20-10-6-3-7-11-20/h2-12,14,16-17,24H,13,15H2,1H3,(H,29,30)/b14-12+. The Hall–Kier alpha value is -4.26. The zero-order valence-electron chi connectivity index (χ0n) is 18.0. The number of benzene rings is 3. The van der Waals surface area contributed by atoms with Gasteiger partial charge in [-0.25, -0.2) is 4.79 Å². The number of aryl methyl sites for hydroxylation is 2. The molecule has 0 amide bonds. The lowest BCUT2D eigenvalue weighted by atomic mass is 10.0. The van der Waals surface area contributed by atoms with E-state index in [2.05, 4.69) is 0 Å². The van der Waals surface area contributed by atoms with Crippen LogP contribution in [0.2, 0.25) is 0 Å². The van der Waals surface area contributed by atoms with Gasteiger partial charge in [-0.2, -0.15) is 0 Å². The topological polar surface area (TPSA) is 107 Å². The molecule has 33 heavy (non-hydrogen) atoms. The van der Waals surface area contributed by atoms with Crippen LogP contribution in [0.1, 0.15) is 33.5 Å². The van der Waals surface area contributed by atoms with Crippen LogP contribution in [0.3, 0.4) is 0 Å². The van der Waals surface area contributed by atoms with Gasteiger partial charge in [0.25, 0.3) is 5.69 Å². The smallest absolute Gasteiger partial charge is 0.344 e. The molecule has 7 nitrogen and oxygen atoms in total. The zero-order valence-corrected chi connectivity index (χ0v) is 18.0. The van der Waals surface area contributed by atoms with Crippen molar-refractivity contribution in [2.75, 3.05) is 0 Å². The minimum Gasteiger partial charge on any atom is -0.479 e. The lowest BCUT2D eigenvalue weighted by Crippen LogP contribution is -2.28. The number of non-ortho nitro benzene ring substituents is 1. The number of allylic oxidation sites excluding steroid dienone is 1. The van der Waals surface area contributed by atoms with Crippen LogP contribution < -0.4 is 4.74 Å². The van der Waals surface area contributed by atoms with E-state index in [0.717, 1.165) is 17.2 Å². The average Bonchev–Trinajstić information content (AvgIpc) is 2.81. The highest BCUT2D eigenvalue weighted by molar-refractivity contribution is 6.09. The van der Waals surface area contributed by atoms with Crippen molar-refractivity contribution < 1.29 is 24.4 Å². The van der Waals surface area contributed by atoms with Crippen LogP contribution in [0.4, 0.5) is 5.69 Å². The van der Waals surface area contributed by atoms with E-state index < -0.39 is 22.8 Å². The highest BCUT2D eigenvalue weighted by Gasteiger charge is 2.25. The molecular weight excluding hydrogens is 422 g/mol. The van der Waals surface area contributed by atoms with E-state index in [-0.39, 0.29) is 23.4 Å². The van der Waals surface area contributed by atoms with Crippen molar-refractivity contribution in [1.82, 2.24) is 0 Å². The van der Waals surface area contributed by atoms with E-state index in [9.17, 15) is 24.8 Å². The van der Waals surface area contributed by atoms with Gasteiger partial charge in [-0.05, 0) is 42.5 Å². The third kappa shape index (κ3) is 6.36. The van der Waals surface area contributed by atoms with Gasteiger partial charge in [0.15, 0.2) is 11.9 Å². The molecule has 1 atom stereocenters. The Morgan fingerprint density at radius 2 is 1.70 bits per heavy atom. The van der Waals surface area contributed by atoms with Crippen molar-refractivity contribution in [3.8, 4) is 5.75 Å². The van der Waals surface area contributed by atoms with E-state index >= 15 is 0 Å². The van der Waals surface area contributed by atoms with Crippen molar-refractivity contribution in [2.45, 2.75) is 25.9 Å². The van der Waals surface area contributed by atoms with Gasteiger partial charge >= 0.3 is 5.97 Å². The zero-order chi connectivity index (χ0) is 23.8. The molecule has 0 saturated carbocycles. The summed E-state index contributed by atoms with van der Waals surface area (Å²) in [5.74, 6) is -1.67. The molecule has 3 rings (SSSR count). The van der Waals surface area contributed by atoms with Gasteiger partial charge in [0.05, 0.1) is 10.5 Å². The van der Waals surface area contributed by atoms with Gasteiger partial charge in [0.2, 0.25) is 0 Å². The molecule has 0 heterocycles. The molecule has 0 saturated heterocycles. The van der Waals surface area contributed by atoms with Crippen LogP contribution in [0, 0.1) is 17.0 Å². The van der Waals surface area contributed by atoms with Crippen molar-refractivity contribution in [3.05, 3.63) is 111 Å². The van der Waals surface area contributed by atoms with Crippen molar-refractivity contribution >= 4 is 23.5 Å². The van der Waals surface area contributed by atoms with Gasteiger partial charge in [-0.3, -0.25) is 14.9 Å². The predicted octanol–water partition coefficient (Wildman–Crippen LogP) is 5.26. The fourth-order valence-corrected chi connectivity index (χ4v) is 3.34. The summed E-state index contributed by atoms with van der Waals surface area (Å²) in [7, 11) is 0. The number of carbonyl (C=O) groups is 2. The molecule has 7 heteroatoms. The summed E-state index contributed by atoms with van der Waals surface area (Å²) in [5, 5.41) is 21.0. The van der Waals surface area contributed by atoms with Gasteiger partial charge in [0.1, 0.15) is 5.75 Å². The summed E-state index contributed by atoms with van der Waals surface area (Å²) >= 11 is 0. The Morgan fingerprint density at radius 1 is 1.06 bits per heavy atom. The molecule has 0 bridgehead atoms.